The number of para-hydroxylation sites is 1. The van der Waals surface area contributed by atoms with Gasteiger partial charge in [0.2, 0.25) is 0 Å². The fraction of sp³-hybridized carbons (Fsp3) is 0.115. The Hall–Kier alpha value is -3.95. The fourth-order valence-electron chi connectivity index (χ4n) is 3.23. The van der Waals surface area contributed by atoms with Crippen molar-refractivity contribution in [2.75, 3.05) is 26.1 Å². The molecule has 0 aliphatic carbocycles. The zero-order valence-electron chi connectivity index (χ0n) is 19.4. The Morgan fingerprint density at radius 1 is 1.08 bits per heavy atom. The number of ether oxygens (including phenoxy) is 3. The Labute approximate surface area is 217 Å². The van der Waals surface area contributed by atoms with Crippen LogP contribution in [0.4, 0.5) is 11.4 Å². The highest BCUT2D eigenvalue weighted by Crippen LogP contribution is 2.38. The smallest absolute Gasteiger partial charge is 0.264 e. The highest BCUT2D eigenvalue weighted by atomic mass is 35.5. The third-order valence-electron chi connectivity index (χ3n) is 4.91. The predicted octanol–water partition coefficient (Wildman–Crippen LogP) is 5.27. The number of anilines is 1. The Kier molecular flexibility index (Phi) is 8.14. The Bertz CT molecular complexity index is 1330. The number of amidine groups is 1. The molecule has 0 saturated carbocycles. The van der Waals surface area contributed by atoms with Gasteiger partial charge in [0.25, 0.3) is 11.8 Å². The molecule has 1 fully saturated rings. The lowest BCUT2D eigenvalue weighted by molar-refractivity contribution is -0.118. The molecule has 4 rings (SSSR count). The van der Waals surface area contributed by atoms with E-state index >= 15 is 0 Å². The first-order chi connectivity index (χ1) is 17.4. The van der Waals surface area contributed by atoms with E-state index in [0.717, 1.165) is 5.75 Å². The average Bonchev–Trinajstić information content (AvgIpc) is 3.22. The number of aliphatic imine (C=N–C) groups is 1. The lowest BCUT2D eigenvalue weighted by Gasteiger charge is -2.13. The summed E-state index contributed by atoms with van der Waals surface area (Å²) in [5.41, 5.74) is 1.97. The third-order valence-corrected chi connectivity index (χ3v) is 6.10. The first-order valence-corrected chi connectivity index (χ1v) is 11.9. The summed E-state index contributed by atoms with van der Waals surface area (Å²) in [5.74, 6) is 0.665. The highest BCUT2D eigenvalue weighted by molar-refractivity contribution is 8.18. The van der Waals surface area contributed by atoms with Gasteiger partial charge in [-0.15, -0.1) is 0 Å². The van der Waals surface area contributed by atoms with Crippen LogP contribution in [0.2, 0.25) is 5.02 Å². The van der Waals surface area contributed by atoms with Crippen LogP contribution in [-0.4, -0.2) is 37.8 Å². The summed E-state index contributed by atoms with van der Waals surface area (Å²) >= 11 is 7.64. The van der Waals surface area contributed by atoms with Gasteiger partial charge in [-0.3, -0.25) is 9.59 Å². The normalized spacial score (nSPS) is 15.0. The number of carbonyl (C=O) groups is 2. The van der Waals surface area contributed by atoms with E-state index in [9.17, 15) is 9.59 Å². The van der Waals surface area contributed by atoms with Crippen molar-refractivity contribution in [1.82, 2.24) is 5.32 Å². The van der Waals surface area contributed by atoms with Crippen LogP contribution in [-0.2, 0) is 9.59 Å². The lowest BCUT2D eigenvalue weighted by Crippen LogP contribution is -2.20. The van der Waals surface area contributed by atoms with Gasteiger partial charge in [-0.05, 0) is 71.9 Å². The molecule has 3 aromatic rings. The fourth-order valence-corrected chi connectivity index (χ4v) is 4.34. The molecule has 8 nitrogen and oxygen atoms in total. The van der Waals surface area contributed by atoms with Gasteiger partial charge in [0.1, 0.15) is 5.75 Å². The number of methoxy groups -OCH3 is 2. The summed E-state index contributed by atoms with van der Waals surface area (Å²) in [6, 6.07) is 19.5. The molecule has 2 N–H and O–H groups in total. The van der Waals surface area contributed by atoms with Gasteiger partial charge in [0.05, 0.1) is 29.8 Å². The van der Waals surface area contributed by atoms with Crippen LogP contribution < -0.4 is 24.8 Å². The topological polar surface area (TPSA) is 98.3 Å². The van der Waals surface area contributed by atoms with Crippen LogP contribution >= 0.6 is 23.4 Å². The van der Waals surface area contributed by atoms with Crippen LogP contribution in [0, 0.1) is 0 Å². The first-order valence-electron chi connectivity index (χ1n) is 10.7. The molecule has 2 amide bonds. The van der Waals surface area contributed by atoms with E-state index in [1.165, 1.54) is 18.9 Å². The van der Waals surface area contributed by atoms with E-state index in [4.69, 9.17) is 25.8 Å². The molecule has 0 radical (unpaired) electrons. The van der Waals surface area contributed by atoms with Crippen molar-refractivity contribution in [1.29, 1.82) is 0 Å². The molecule has 36 heavy (non-hydrogen) atoms. The number of rotatable bonds is 8. The quantitative estimate of drug-likeness (QED) is 0.390. The maximum absolute atomic E-state index is 12.5. The van der Waals surface area contributed by atoms with E-state index in [2.05, 4.69) is 15.6 Å². The molecule has 0 spiro atoms. The van der Waals surface area contributed by atoms with Crippen molar-refractivity contribution in [3.63, 3.8) is 0 Å². The number of hydrogen-bond acceptors (Lipinski definition) is 7. The standard InChI is InChI=1S/C26H22ClN3O5S/c1-33-19-10-8-18(9-11-19)29-26-30-25(32)22(36-26)14-16-12-20(27)24(21(13-16)34-2)35-15-23(31)28-17-6-4-3-5-7-17/h3-14H,15H2,1-2H3,(H,28,31)(H,29,30,32)/b22-14+. The molecule has 0 unspecified atom stereocenters. The maximum atomic E-state index is 12.5. The lowest BCUT2D eigenvalue weighted by atomic mass is 10.2. The molecule has 0 atom stereocenters. The van der Waals surface area contributed by atoms with Crippen molar-refractivity contribution >= 4 is 57.8 Å². The largest absolute Gasteiger partial charge is 0.497 e. The number of halogens is 1. The molecular formula is C26H22ClN3O5S. The number of amides is 2. The Balaban J connectivity index is 1.46. The summed E-state index contributed by atoms with van der Waals surface area (Å²) in [6.45, 7) is -0.255. The van der Waals surface area contributed by atoms with Crippen LogP contribution in [0.25, 0.3) is 6.08 Å². The van der Waals surface area contributed by atoms with Crippen LogP contribution in [0.3, 0.4) is 0 Å². The monoisotopic (exact) mass is 523 g/mol. The van der Waals surface area contributed by atoms with Crippen molar-refractivity contribution in [3.05, 3.63) is 82.2 Å². The van der Waals surface area contributed by atoms with E-state index in [-0.39, 0.29) is 29.2 Å². The van der Waals surface area contributed by atoms with Crippen molar-refractivity contribution in [3.8, 4) is 17.2 Å². The number of nitrogens with one attached hydrogen (secondary N) is 2. The predicted molar refractivity (Wildman–Crippen MR) is 142 cm³/mol. The van der Waals surface area contributed by atoms with Gasteiger partial charge in [0, 0.05) is 5.69 Å². The average molecular weight is 524 g/mol. The molecular weight excluding hydrogens is 502 g/mol. The van der Waals surface area contributed by atoms with E-state index in [1.807, 2.05) is 18.2 Å². The summed E-state index contributed by atoms with van der Waals surface area (Å²) in [6.07, 6.45) is 1.68. The van der Waals surface area contributed by atoms with Crippen molar-refractivity contribution in [2.24, 2.45) is 4.99 Å². The summed E-state index contributed by atoms with van der Waals surface area (Å²) in [5, 5.41) is 6.19. The number of benzene rings is 3. The molecule has 0 bridgehead atoms. The van der Waals surface area contributed by atoms with Crippen LogP contribution in [0.1, 0.15) is 5.56 Å². The number of hydrogen-bond donors (Lipinski definition) is 2. The third kappa shape index (κ3) is 6.38. The van der Waals surface area contributed by atoms with E-state index < -0.39 is 0 Å². The van der Waals surface area contributed by atoms with Crippen molar-refractivity contribution in [2.45, 2.75) is 0 Å². The van der Waals surface area contributed by atoms with E-state index in [1.54, 1.807) is 61.7 Å². The van der Waals surface area contributed by atoms with Crippen LogP contribution in [0.5, 0.6) is 17.2 Å². The number of thioether (sulfide) groups is 1. The van der Waals surface area contributed by atoms with Crippen molar-refractivity contribution < 1.29 is 23.8 Å². The van der Waals surface area contributed by atoms with Gasteiger partial charge < -0.3 is 24.8 Å². The number of carbonyl (C=O) groups excluding carboxylic acids is 2. The number of nitrogens with zero attached hydrogens (tertiary/aromatic N) is 1. The Morgan fingerprint density at radius 3 is 2.53 bits per heavy atom. The second-order valence-corrected chi connectivity index (χ2v) is 8.85. The maximum Gasteiger partial charge on any atom is 0.264 e. The second kappa shape index (κ2) is 11.7. The van der Waals surface area contributed by atoms with Gasteiger partial charge in [0.15, 0.2) is 23.3 Å². The summed E-state index contributed by atoms with van der Waals surface area (Å²) < 4.78 is 16.2. The van der Waals surface area contributed by atoms with Gasteiger partial charge in [-0.1, -0.05) is 29.8 Å². The Morgan fingerprint density at radius 2 is 1.83 bits per heavy atom. The first kappa shape index (κ1) is 25.2. The molecule has 10 heteroatoms. The zero-order chi connectivity index (χ0) is 25.5. The van der Waals surface area contributed by atoms with Gasteiger partial charge >= 0.3 is 0 Å². The van der Waals surface area contributed by atoms with Crippen LogP contribution in [0.15, 0.2) is 76.6 Å². The minimum atomic E-state index is -0.340. The molecule has 3 aromatic carbocycles. The minimum Gasteiger partial charge on any atom is -0.497 e. The summed E-state index contributed by atoms with van der Waals surface area (Å²) in [4.78, 5) is 29.6. The second-order valence-electron chi connectivity index (χ2n) is 7.42. The molecule has 1 heterocycles. The molecule has 0 aromatic heterocycles. The molecule has 1 saturated heterocycles. The zero-order valence-corrected chi connectivity index (χ0v) is 21.0. The molecule has 1 aliphatic rings. The van der Waals surface area contributed by atoms with Gasteiger partial charge in [-0.25, -0.2) is 4.99 Å². The molecule has 184 valence electrons. The minimum absolute atomic E-state index is 0.231. The summed E-state index contributed by atoms with van der Waals surface area (Å²) in [7, 11) is 3.06. The van der Waals surface area contributed by atoms with Gasteiger partial charge in [-0.2, -0.15) is 0 Å². The molecule has 1 aliphatic heterocycles. The van der Waals surface area contributed by atoms with E-state index in [0.29, 0.717) is 32.8 Å². The SMILES string of the molecule is COc1ccc(N=C2NC(=O)/C(=C\c3cc(Cl)c(OCC(=O)Nc4ccccc4)c(OC)c3)S2)cc1. The highest BCUT2D eigenvalue weighted by Gasteiger charge is 2.24.